The first-order valence-corrected chi connectivity index (χ1v) is 10.9. The second-order valence-corrected chi connectivity index (χ2v) is 9.24. The summed E-state index contributed by atoms with van der Waals surface area (Å²) in [6.45, 7) is 3.21. The lowest BCUT2D eigenvalue weighted by molar-refractivity contribution is -0.126. The second-order valence-electron chi connectivity index (χ2n) is 7.26. The third-order valence-electron chi connectivity index (χ3n) is 5.34. The van der Waals surface area contributed by atoms with Crippen molar-refractivity contribution in [1.82, 2.24) is 9.62 Å². The number of hydrogen-bond acceptors (Lipinski definition) is 4. The first-order valence-electron chi connectivity index (χ1n) is 9.06. The molecule has 1 N–H and O–H groups in total. The van der Waals surface area contributed by atoms with Gasteiger partial charge in [0.2, 0.25) is 15.9 Å². The monoisotopic (exact) mass is 383 g/mol. The molecule has 2 aliphatic rings. The van der Waals surface area contributed by atoms with Gasteiger partial charge in [-0.05, 0) is 49.4 Å². The van der Waals surface area contributed by atoms with E-state index in [9.17, 15) is 17.6 Å². The van der Waals surface area contributed by atoms with Crippen molar-refractivity contribution in [2.75, 3.05) is 43.9 Å². The molecule has 2 fully saturated rings. The van der Waals surface area contributed by atoms with E-state index < -0.39 is 10.0 Å². The molecule has 2 saturated heterocycles. The Morgan fingerprint density at radius 2 is 1.81 bits per heavy atom. The molecule has 0 saturated carbocycles. The largest absolute Gasteiger partial charge is 0.371 e. The lowest BCUT2D eigenvalue weighted by Crippen LogP contribution is -2.43. The van der Waals surface area contributed by atoms with Gasteiger partial charge in [-0.15, -0.1) is 0 Å². The lowest BCUT2D eigenvalue weighted by Gasteiger charge is -2.29. The van der Waals surface area contributed by atoms with E-state index >= 15 is 0 Å². The van der Waals surface area contributed by atoms with Crippen LogP contribution in [0.3, 0.4) is 0 Å². The number of rotatable bonds is 5. The zero-order valence-corrected chi connectivity index (χ0v) is 15.8. The molecule has 1 unspecified atom stereocenters. The van der Waals surface area contributed by atoms with Crippen LogP contribution in [0.1, 0.15) is 19.3 Å². The summed E-state index contributed by atoms with van der Waals surface area (Å²) in [6.07, 6.45) is 3.35. The average Bonchev–Trinajstić information content (AvgIpc) is 3.08. The molecule has 26 heavy (non-hydrogen) atoms. The van der Waals surface area contributed by atoms with E-state index in [-0.39, 0.29) is 17.6 Å². The number of sulfonamides is 1. The molecule has 1 aromatic rings. The van der Waals surface area contributed by atoms with E-state index in [4.69, 9.17) is 0 Å². The summed E-state index contributed by atoms with van der Waals surface area (Å²) in [5.41, 5.74) is 1.01. The van der Waals surface area contributed by atoms with E-state index in [0.29, 0.717) is 38.4 Å². The number of anilines is 1. The first-order chi connectivity index (χ1) is 12.3. The molecule has 1 aromatic carbocycles. The first kappa shape index (κ1) is 19.1. The normalized spacial score (nSPS) is 22.5. The third kappa shape index (κ3) is 4.73. The van der Waals surface area contributed by atoms with E-state index in [1.165, 1.54) is 22.7 Å². The summed E-state index contributed by atoms with van der Waals surface area (Å²) >= 11 is 0. The van der Waals surface area contributed by atoms with Gasteiger partial charge in [0.15, 0.2) is 0 Å². The average molecular weight is 383 g/mol. The van der Waals surface area contributed by atoms with Crippen LogP contribution in [-0.2, 0) is 14.8 Å². The summed E-state index contributed by atoms with van der Waals surface area (Å²) in [5.74, 6) is 0.0554. The fourth-order valence-electron chi connectivity index (χ4n) is 3.72. The fourth-order valence-corrected chi connectivity index (χ4v) is 4.60. The standard InChI is InChI=1S/C18H26FN3O3S/c1-26(24,25)22-10-7-15(8-11-22)18(23)20-12-14-6-9-21(13-14)17-4-2-16(19)3-5-17/h2-5,14-15H,6-13H2,1H3,(H,20,23). The van der Waals surface area contributed by atoms with Crippen molar-refractivity contribution in [3.63, 3.8) is 0 Å². The highest BCUT2D eigenvalue weighted by atomic mass is 32.2. The minimum Gasteiger partial charge on any atom is -0.371 e. The van der Waals surface area contributed by atoms with Crippen LogP contribution in [0.5, 0.6) is 0 Å². The Labute approximate surface area is 154 Å². The Morgan fingerprint density at radius 3 is 2.42 bits per heavy atom. The number of carbonyl (C=O) groups excluding carboxylic acids is 1. The smallest absolute Gasteiger partial charge is 0.223 e. The zero-order valence-electron chi connectivity index (χ0n) is 15.0. The number of piperidine rings is 1. The minimum atomic E-state index is -3.16. The molecule has 2 aliphatic heterocycles. The van der Waals surface area contributed by atoms with E-state index in [1.54, 1.807) is 12.1 Å². The van der Waals surface area contributed by atoms with Gasteiger partial charge in [-0.25, -0.2) is 17.1 Å². The maximum atomic E-state index is 13.0. The van der Waals surface area contributed by atoms with Gasteiger partial charge in [0.05, 0.1) is 6.26 Å². The highest BCUT2D eigenvalue weighted by Gasteiger charge is 2.30. The third-order valence-corrected chi connectivity index (χ3v) is 6.64. The molecule has 1 amide bonds. The molecule has 0 radical (unpaired) electrons. The van der Waals surface area contributed by atoms with Crippen molar-refractivity contribution in [3.05, 3.63) is 30.1 Å². The molecule has 6 nitrogen and oxygen atoms in total. The summed E-state index contributed by atoms with van der Waals surface area (Å²) in [6, 6.07) is 6.50. The van der Waals surface area contributed by atoms with E-state index in [1.807, 2.05) is 0 Å². The van der Waals surface area contributed by atoms with Crippen molar-refractivity contribution in [2.45, 2.75) is 19.3 Å². The Hall–Kier alpha value is -1.67. The quantitative estimate of drug-likeness (QED) is 0.835. The summed E-state index contributed by atoms with van der Waals surface area (Å²) in [5, 5.41) is 3.04. The number of carbonyl (C=O) groups is 1. The van der Waals surface area contributed by atoms with Gasteiger partial charge in [0, 0.05) is 44.3 Å². The minimum absolute atomic E-state index is 0.0263. The second kappa shape index (κ2) is 7.92. The van der Waals surface area contributed by atoms with Crippen LogP contribution in [0.4, 0.5) is 10.1 Å². The van der Waals surface area contributed by atoms with Gasteiger partial charge in [-0.3, -0.25) is 4.79 Å². The molecule has 0 aliphatic carbocycles. The van der Waals surface area contributed by atoms with Gasteiger partial charge in [-0.2, -0.15) is 0 Å². The maximum Gasteiger partial charge on any atom is 0.223 e. The van der Waals surface area contributed by atoms with Crippen LogP contribution in [-0.4, -0.2) is 57.6 Å². The van der Waals surface area contributed by atoms with E-state index in [2.05, 4.69) is 10.2 Å². The van der Waals surface area contributed by atoms with Gasteiger partial charge in [0.1, 0.15) is 5.82 Å². The van der Waals surface area contributed by atoms with Crippen LogP contribution in [0, 0.1) is 17.7 Å². The molecule has 8 heteroatoms. The predicted octanol–water partition coefficient (Wildman–Crippen LogP) is 1.44. The fraction of sp³-hybridized carbons (Fsp3) is 0.611. The molecular weight excluding hydrogens is 357 g/mol. The van der Waals surface area contributed by atoms with Gasteiger partial charge >= 0.3 is 0 Å². The van der Waals surface area contributed by atoms with Crippen molar-refractivity contribution in [1.29, 1.82) is 0 Å². The predicted molar refractivity (Wildman–Crippen MR) is 98.9 cm³/mol. The van der Waals surface area contributed by atoms with Crippen molar-refractivity contribution in [3.8, 4) is 0 Å². The van der Waals surface area contributed by atoms with E-state index in [0.717, 1.165) is 25.2 Å². The lowest BCUT2D eigenvalue weighted by atomic mass is 9.97. The van der Waals surface area contributed by atoms with Crippen LogP contribution in [0.15, 0.2) is 24.3 Å². The van der Waals surface area contributed by atoms with Crippen LogP contribution in [0.25, 0.3) is 0 Å². The highest BCUT2D eigenvalue weighted by Crippen LogP contribution is 2.24. The summed E-state index contributed by atoms with van der Waals surface area (Å²) in [7, 11) is -3.16. The van der Waals surface area contributed by atoms with Crippen LogP contribution < -0.4 is 10.2 Å². The van der Waals surface area contributed by atoms with Crippen molar-refractivity contribution in [2.24, 2.45) is 11.8 Å². The Balaban J connectivity index is 1.42. The molecular formula is C18H26FN3O3S. The maximum absolute atomic E-state index is 13.0. The van der Waals surface area contributed by atoms with Crippen LogP contribution >= 0.6 is 0 Å². The zero-order chi connectivity index (χ0) is 18.7. The molecule has 144 valence electrons. The number of nitrogens with one attached hydrogen (secondary N) is 1. The Kier molecular flexibility index (Phi) is 5.82. The van der Waals surface area contributed by atoms with Crippen LogP contribution in [0.2, 0.25) is 0 Å². The molecule has 0 bridgehead atoms. The highest BCUT2D eigenvalue weighted by molar-refractivity contribution is 7.88. The van der Waals surface area contributed by atoms with Gasteiger partial charge in [0.25, 0.3) is 0 Å². The Bertz CT molecular complexity index is 731. The van der Waals surface area contributed by atoms with Crippen molar-refractivity contribution < 1.29 is 17.6 Å². The molecule has 1 atom stereocenters. The molecule has 0 spiro atoms. The molecule has 0 aromatic heterocycles. The Morgan fingerprint density at radius 1 is 1.15 bits per heavy atom. The number of benzene rings is 1. The van der Waals surface area contributed by atoms with Gasteiger partial charge < -0.3 is 10.2 Å². The number of hydrogen-bond donors (Lipinski definition) is 1. The van der Waals surface area contributed by atoms with Gasteiger partial charge in [-0.1, -0.05) is 0 Å². The number of nitrogens with zero attached hydrogens (tertiary/aromatic N) is 2. The summed E-state index contributed by atoms with van der Waals surface area (Å²) in [4.78, 5) is 14.6. The van der Waals surface area contributed by atoms with Crippen molar-refractivity contribution >= 4 is 21.6 Å². The summed E-state index contributed by atoms with van der Waals surface area (Å²) < 4.78 is 37.5. The molecule has 3 rings (SSSR count). The SMILES string of the molecule is CS(=O)(=O)N1CCC(C(=O)NCC2CCN(c3ccc(F)cc3)C2)CC1. The topological polar surface area (TPSA) is 69.7 Å². The number of halogens is 1. The molecule has 2 heterocycles. The number of amides is 1.